The van der Waals surface area contributed by atoms with Crippen LogP contribution in [0.2, 0.25) is 0 Å². The number of hydrogen-bond donors (Lipinski definition) is 1. The van der Waals surface area contributed by atoms with E-state index in [0.717, 1.165) is 39.3 Å². The molecule has 8 heteroatoms. The molecule has 1 aliphatic heterocycles. The van der Waals surface area contributed by atoms with Crippen molar-refractivity contribution in [3.8, 4) is 17.1 Å². The third-order valence-electron chi connectivity index (χ3n) is 5.03. The third kappa shape index (κ3) is 3.81. The molecule has 1 aliphatic rings. The van der Waals surface area contributed by atoms with Crippen molar-refractivity contribution < 1.29 is 9.84 Å². The zero-order valence-corrected chi connectivity index (χ0v) is 17.4. The van der Waals surface area contributed by atoms with Crippen LogP contribution in [-0.2, 0) is 6.61 Å². The minimum Gasteiger partial charge on any atom is -0.473 e. The van der Waals surface area contributed by atoms with E-state index >= 15 is 0 Å². The number of ether oxygens (including phenoxy) is 1. The molecule has 1 N–H and O–H groups in total. The predicted molar refractivity (Wildman–Crippen MR) is 114 cm³/mol. The van der Waals surface area contributed by atoms with E-state index in [2.05, 4.69) is 20.4 Å². The first kappa shape index (κ1) is 19.8. The molecule has 0 radical (unpaired) electrons. The summed E-state index contributed by atoms with van der Waals surface area (Å²) in [6.07, 6.45) is 0.822. The summed E-state index contributed by atoms with van der Waals surface area (Å²) >= 11 is 0. The maximum absolute atomic E-state index is 10.3. The van der Waals surface area contributed by atoms with Gasteiger partial charge in [-0.3, -0.25) is 4.98 Å². The van der Waals surface area contributed by atoms with Gasteiger partial charge in [-0.1, -0.05) is 18.2 Å². The summed E-state index contributed by atoms with van der Waals surface area (Å²) < 4.78 is 6.05. The summed E-state index contributed by atoms with van der Waals surface area (Å²) in [6.45, 7) is 6.22. The first-order valence-electron chi connectivity index (χ1n) is 9.67. The van der Waals surface area contributed by atoms with Gasteiger partial charge in [-0.25, -0.2) is 9.99 Å². The summed E-state index contributed by atoms with van der Waals surface area (Å²) in [5, 5.41) is 21.1. The lowest BCUT2D eigenvalue weighted by molar-refractivity contribution is 0.0456. The van der Waals surface area contributed by atoms with Crippen molar-refractivity contribution in [3.63, 3.8) is 0 Å². The number of hydrogen-bond acceptors (Lipinski definition) is 8. The second-order valence-corrected chi connectivity index (χ2v) is 7.32. The Morgan fingerprint density at radius 2 is 1.83 bits per heavy atom. The highest BCUT2D eigenvalue weighted by atomic mass is 16.5. The highest BCUT2D eigenvalue weighted by Gasteiger charge is 2.28. The predicted octanol–water partition coefficient (Wildman–Crippen LogP) is 3.96. The van der Waals surface area contributed by atoms with Crippen LogP contribution in [0.1, 0.15) is 22.4 Å². The van der Waals surface area contributed by atoms with E-state index in [1.165, 1.54) is 10.0 Å². The fourth-order valence-corrected chi connectivity index (χ4v) is 3.32. The maximum Gasteiger partial charge on any atom is 0.245 e. The van der Waals surface area contributed by atoms with Crippen molar-refractivity contribution in [1.29, 1.82) is 0 Å². The summed E-state index contributed by atoms with van der Waals surface area (Å²) in [6, 6.07) is 13.8. The molecule has 0 fully saturated rings. The molecule has 154 valence electrons. The lowest BCUT2D eigenvalue weighted by atomic mass is 10.1. The minimum absolute atomic E-state index is 0.292. The number of aliphatic hydroxyl groups excluding tert-OH is 1. The van der Waals surface area contributed by atoms with Crippen molar-refractivity contribution in [1.82, 2.24) is 15.0 Å². The van der Waals surface area contributed by atoms with E-state index in [1.54, 1.807) is 13.2 Å². The summed E-state index contributed by atoms with van der Waals surface area (Å²) in [4.78, 5) is 9.06. The highest BCUT2D eigenvalue weighted by Crippen LogP contribution is 2.30. The van der Waals surface area contributed by atoms with Crippen molar-refractivity contribution in [2.24, 2.45) is 10.4 Å². The first-order valence-corrected chi connectivity index (χ1v) is 9.67. The van der Waals surface area contributed by atoms with Gasteiger partial charge >= 0.3 is 0 Å². The molecule has 0 saturated heterocycles. The molecule has 0 saturated carbocycles. The molecular weight excluding hydrogens is 380 g/mol. The number of aryl methyl sites for hydroxylation is 3. The molecule has 1 atom stereocenters. The van der Waals surface area contributed by atoms with Gasteiger partial charge in [0.05, 0.1) is 11.4 Å². The van der Waals surface area contributed by atoms with Gasteiger partial charge in [0.1, 0.15) is 6.61 Å². The molecular formula is C22H24N6O2. The molecule has 2 aromatic heterocycles. The van der Waals surface area contributed by atoms with Crippen LogP contribution in [-0.4, -0.2) is 33.5 Å². The molecule has 1 unspecified atom stereocenters. The summed E-state index contributed by atoms with van der Waals surface area (Å²) in [7, 11) is 1.66. The number of rotatable bonds is 5. The van der Waals surface area contributed by atoms with Crippen LogP contribution < -0.4 is 9.75 Å². The Bertz CT molecular complexity index is 1100. The third-order valence-corrected chi connectivity index (χ3v) is 5.03. The van der Waals surface area contributed by atoms with Crippen molar-refractivity contribution >= 4 is 5.69 Å². The molecule has 8 nitrogen and oxygen atoms in total. The Labute approximate surface area is 175 Å². The van der Waals surface area contributed by atoms with Crippen LogP contribution >= 0.6 is 0 Å². The number of aromatic nitrogens is 2. The Balaban J connectivity index is 1.56. The van der Waals surface area contributed by atoms with E-state index in [9.17, 15) is 5.11 Å². The molecule has 0 bridgehead atoms. The molecule has 0 spiro atoms. The molecule has 0 aliphatic carbocycles. The molecule has 1 aromatic carbocycles. The molecule has 0 amide bonds. The lowest BCUT2D eigenvalue weighted by Crippen LogP contribution is -2.36. The first-order chi connectivity index (χ1) is 14.4. The van der Waals surface area contributed by atoms with E-state index in [0.29, 0.717) is 12.5 Å². The van der Waals surface area contributed by atoms with Gasteiger partial charge in [-0.2, -0.15) is 5.01 Å². The largest absolute Gasteiger partial charge is 0.473 e. The average Bonchev–Trinajstić information content (AvgIpc) is 3.06. The van der Waals surface area contributed by atoms with E-state index in [1.807, 2.05) is 63.2 Å². The monoisotopic (exact) mass is 404 g/mol. The van der Waals surface area contributed by atoms with Crippen LogP contribution in [0.15, 0.2) is 59.1 Å². The quantitative estimate of drug-likeness (QED) is 0.693. The Morgan fingerprint density at radius 3 is 2.53 bits per heavy atom. The van der Waals surface area contributed by atoms with Crippen LogP contribution in [0.5, 0.6) is 5.88 Å². The van der Waals surface area contributed by atoms with Crippen LogP contribution in [0.3, 0.4) is 0 Å². The smallest absolute Gasteiger partial charge is 0.245 e. The second-order valence-electron chi connectivity index (χ2n) is 7.32. The molecule has 4 rings (SSSR count). The minimum atomic E-state index is -0.952. The number of benzene rings is 1. The van der Waals surface area contributed by atoms with Crippen LogP contribution in [0, 0.1) is 20.8 Å². The molecule has 3 heterocycles. The maximum atomic E-state index is 10.3. The van der Waals surface area contributed by atoms with Crippen molar-refractivity contribution in [2.75, 3.05) is 12.1 Å². The fourth-order valence-electron chi connectivity index (χ4n) is 3.32. The zero-order chi connectivity index (χ0) is 21.3. The normalized spacial score (nSPS) is 15.7. The van der Waals surface area contributed by atoms with Crippen molar-refractivity contribution in [3.05, 3.63) is 71.0 Å². The van der Waals surface area contributed by atoms with E-state index in [-0.39, 0.29) is 0 Å². The van der Waals surface area contributed by atoms with Gasteiger partial charge in [-0.15, -0.1) is 0 Å². The fraction of sp³-hybridized carbons (Fsp3) is 0.273. The zero-order valence-electron chi connectivity index (χ0n) is 17.4. The number of nitrogens with zero attached hydrogens (tertiary/aromatic N) is 6. The van der Waals surface area contributed by atoms with E-state index < -0.39 is 6.35 Å². The van der Waals surface area contributed by atoms with Gasteiger partial charge in [0, 0.05) is 35.6 Å². The average molecular weight is 404 g/mol. The van der Waals surface area contributed by atoms with Gasteiger partial charge in [0.2, 0.25) is 12.2 Å². The van der Waals surface area contributed by atoms with Crippen LogP contribution in [0.4, 0.5) is 5.69 Å². The second kappa shape index (κ2) is 8.08. The van der Waals surface area contributed by atoms with E-state index in [4.69, 9.17) is 4.74 Å². The summed E-state index contributed by atoms with van der Waals surface area (Å²) in [5.74, 6) is 0.557. The van der Waals surface area contributed by atoms with Gasteiger partial charge in [-0.05, 0) is 61.0 Å². The highest BCUT2D eigenvalue weighted by molar-refractivity contribution is 5.60. The number of aliphatic hydroxyl groups is 1. The summed E-state index contributed by atoms with van der Waals surface area (Å²) in [5.41, 5.74) is 6.41. The Morgan fingerprint density at radius 1 is 1.03 bits per heavy atom. The standard InChI is InChI=1S/C22H24N6O2/c1-14-7-5-10-20(28-22(29)27(4)25-26-28)18(14)13-30-21-15(2)11-17(12-23-21)19-9-6-8-16(3)24-19/h5-12,22,29H,13H2,1-4H3. The molecule has 3 aromatic rings. The number of anilines is 1. The SMILES string of the molecule is Cc1cccc(-c2cnc(OCc3c(C)cccc3N3N=NN(C)C3O)c(C)c2)n1. The molecule has 30 heavy (non-hydrogen) atoms. The Kier molecular flexibility index (Phi) is 5.33. The van der Waals surface area contributed by atoms with Gasteiger partial charge < -0.3 is 9.84 Å². The lowest BCUT2D eigenvalue weighted by Gasteiger charge is -2.23. The van der Waals surface area contributed by atoms with Gasteiger partial charge in [0.15, 0.2) is 0 Å². The van der Waals surface area contributed by atoms with Crippen molar-refractivity contribution in [2.45, 2.75) is 33.7 Å². The van der Waals surface area contributed by atoms with Gasteiger partial charge in [0.25, 0.3) is 0 Å². The number of pyridine rings is 2. The van der Waals surface area contributed by atoms with Crippen LogP contribution in [0.25, 0.3) is 11.3 Å². The Hall–Kier alpha value is -3.52. The topological polar surface area (TPSA) is 86.4 Å².